The summed E-state index contributed by atoms with van der Waals surface area (Å²) >= 11 is 6.13. The monoisotopic (exact) mass is 432 g/mol. The molecule has 156 valence electrons. The van der Waals surface area contributed by atoms with E-state index in [1.807, 2.05) is 12.1 Å². The third-order valence-electron chi connectivity index (χ3n) is 5.73. The lowest BCUT2D eigenvalue weighted by atomic mass is 10.0. The molecule has 0 spiro atoms. The second kappa shape index (κ2) is 10.4. The third-order valence-corrected chi connectivity index (χ3v) is 5.97. The summed E-state index contributed by atoms with van der Waals surface area (Å²) in [5.41, 5.74) is 10.9. The molecule has 0 saturated carbocycles. The number of nitrogens with two attached hydrogens (primary N) is 1. The maximum Gasteiger partial charge on any atom is 0.0456 e. The molecule has 0 unspecified atom stereocenters. The second-order valence-electron chi connectivity index (χ2n) is 7.64. The molecule has 1 aliphatic rings. The summed E-state index contributed by atoms with van der Waals surface area (Å²) < 4.78 is 0. The first-order valence-corrected chi connectivity index (χ1v) is 10.6. The lowest BCUT2D eigenvalue weighted by Gasteiger charge is -2.36. The molecule has 2 heterocycles. The van der Waals surface area contributed by atoms with Crippen molar-refractivity contribution in [3.8, 4) is 0 Å². The van der Waals surface area contributed by atoms with E-state index in [1.165, 1.54) is 34.1 Å². The van der Waals surface area contributed by atoms with Crippen molar-refractivity contribution in [3.63, 3.8) is 0 Å². The molecule has 1 saturated heterocycles. The summed E-state index contributed by atoms with van der Waals surface area (Å²) in [6, 6.07) is 15.0. The first-order chi connectivity index (χ1) is 13.7. The van der Waals surface area contributed by atoms with Crippen LogP contribution < -0.4 is 10.6 Å². The number of piperazine rings is 1. The largest absolute Gasteiger partial charge is 0.369 e. The van der Waals surface area contributed by atoms with Crippen LogP contribution in [0.1, 0.15) is 17.5 Å². The van der Waals surface area contributed by atoms with Crippen molar-refractivity contribution >= 4 is 40.6 Å². The van der Waals surface area contributed by atoms with E-state index >= 15 is 0 Å². The number of hydrogen-bond donors (Lipinski definition) is 2. The van der Waals surface area contributed by atoms with Crippen LogP contribution >= 0.6 is 24.0 Å². The van der Waals surface area contributed by atoms with Crippen LogP contribution in [0.5, 0.6) is 0 Å². The van der Waals surface area contributed by atoms with Crippen LogP contribution in [0.25, 0.3) is 10.9 Å². The number of rotatable bonds is 7. The topological polar surface area (TPSA) is 48.3 Å². The van der Waals surface area contributed by atoms with Gasteiger partial charge in [0.1, 0.15) is 0 Å². The van der Waals surface area contributed by atoms with E-state index in [0.29, 0.717) is 6.54 Å². The van der Waals surface area contributed by atoms with Gasteiger partial charge in [0.2, 0.25) is 0 Å². The second-order valence-corrected chi connectivity index (χ2v) is 8.08. The zero-order valence-corrected chi connectivity index (χ0v) is 18.3. The van der Waals surface area contributed by atoms with Gasteiger partial charge in [0.15, 0.2) is 0 Å². The zero-order valence-electron chi connectivity index (χ0n) is 16.7. The summed E-state index contributed by atoms with van der Waals surface area (Å²) in [7, 11) is 0. The van der Waals surface area contributed by atoms with Crippen molar-refractivity contribution in [2.75, 3.05) is 44.2 Å². The lowest BCUT2D eigenvalue weighted by Crippen LogP contribution is -2.46. The first kappa shape index (κ1) is 22.0. The number of aromatic amines is 1. The molecule has 29 heavy (non-hydrogen) atoms. The fraction of sp³-hybridized carbons (Fsp3) is 0.391. The maximum atomic E-state index is 6.13. The van der Waals surface area contributed by atoms with Crippen molar-refractivity contribution in [2.45, 2.75) is 19.3 Å². The normalized spacial score (nSPS) is 14.9. The van der Waals surface area contributed by atoms with Gasteiger partial charge in [-0.05, 0) is 73.8 Å². The molecule has 1 aliphatic heterocycles. The molecule has 6 heteroatoms. The number of aryl methyl sites for hydroxylation is 1. The Kier molecular flexibility index (Phi) is 7.84. The van der Waals surface area contributed by atoms with Gasteiger partial charge in [-0.2, -0.15) is 0 Å². The molecule has 0 radical (unpaired) electrons. The minimum atomic E-state index is 0. The molecule has 1 fully saturated rings. The molecule has 3 N–H and O–H groups in total. The molecule has 4 nitrogen and oxygen atoms in total. The van der Waals surface area contributed by atoms with Crippen LogP contribution in [-0.4, -0.2) is 49.2 Å². The van der Waals surface area contributed by atoms with Gasteiger partial charge in [-0.25, -0.2) is 0 Å². The molecular formula is C23H30Cl2N4. The molecule has 0 amide bonds. The lowest BCUT2D eigenvalue weighted by molar-refractivity contribution is 0.255. The van der Waals surface area contributed by atoms with E-state index in [4.69, 9.17) is 17.3 Å². The molecule has 0 atom stereocenters. The van der Waals surface area contributed by atoms with Gasteiger partial charge in [-0.3, -0.25) is 4.90 Å². The van der Waals surface area contributed by atoms with Gasteiger partial charge in [0.25, 0.3) is 0 Å². The number of benzene rings is 2. The predicted octanol–water partition coefficient (Wildman–Crippen LogP) is 4.50. The molecule has 4 rings (SSSR count). The van der Waals surface area contributed by atoms with Crippen LogP contribution in [0.4, 0.5) is 5.69 Å². The molecule has 0 bridgehead atoms. The number of halogens is 2. The van der Waals surface area contributed by atoms with Gasteiger partial charge >= 0.3 is 0 Å². The molecule has 0 aliphatic carbocycles. The minimum absolute atomic E-state index is 0. The predicted molar refractivity (Wildman–Crippen MR) is 127 cm³/mol. The van der Waals surface area contributed by atoms with Gasteiger partial charge in [-0.1, -0.05) is 23.7 Å². The average Bonchev–Trinajstić information content (AvgIpc) is 3.11. The number of fused-ring (bicyclic) bond motifs is 1. The Labute approximate surface area is 184 Å². The summed E-state index contributed by atoms with van der Waals surface area (Å²) in [6.07, 6.45) is 5.35. The van der Waals surface area contributed by atoms with E-state index in [0.717, 1.165) is 50.6 Å². The van der Waals surface area contributed by atoms with Crippen LogP contribution in [0.2, 0.25) is 5.02 Å². The smallest absolute Gasteiger partial charge is 0.0456 e. The Balaban J connectivity index is 0.00000240. The number of anilines is 1. The van der Waals surface area contributed by atoms with Crippen molar-refractivity contribution in [2.24, 2.45) is 5.73 Å². The molecule has 3 aromatic rings. The maximum absolute atomic E-state index is 6.13. The Morgan fingerprint density at radius 1 is 1.00 bits per heavy atom. The Morgan fingerprint density at radius 2 is 1.83 bits per heavy atom. The number of H-pyrrole nitrogens is 1. The van der Waals surface area contributed by atoms with Crippen molar-refractivity contribution in [1.82, 2.24) is 9.88 Å². The fourth-order valence-corrected chi connectivity index (χ4v) is 4.34. The highest BCUT2D eigenvalue weighted by molar-refractivity contribution is 6.30. The summed E-state index contributed by atoms with van der Waals surface area (Å²) in [4.78, 5) is 8.36. The summed E-state index contributed by atoms with van der Waals surface area (Å²) in [5, 5.41) is 2.15. The quantitative estimate of drug-likeness (QED) is 0.577. The van der Waals surface area contributed by atoms with E-state index in [-0.39, 0.29) is 12.4 Å². The first-order valence-electron chi connectivity index (χ1n) is 10.2. The highest BCUT2D eigenvalue weighted by atomic mass is 35.5. The summed E-state index contributed by atoms with van der Waals surface area (Å²) in [5.74, 6) is 0. The Morgan fingerprint density at radius 3 is 2.59 bits per heavy atom. The number of nitrogens with one attached hydrogen (secondary N) is 1. The van der Waals surface area contributed by atoms with E-state index in [1.54, 1.807) is 0 Å². The molecule has 1 aromatic heterocycles. The Hall–Kier alpha value is -1.72. The van der Waals surface area contributed by atoms with E-state index in [2.05, 4.69) is 51.3 Å². The van der Waals surface area contributed by atoms with Crippen molar-refractivity contribution < 1.29 is 0 Å². The molecule has 2 aromatic carbocycles. The number of aromatic nitrogens is 1. The van der Waals surface area contributed by atoms with Crippen LogP contribution in [-0.2, 0) is 12.8 Å². The summed E-state index contributed by atoms with van der Waals surface area (Å²) in [6.45, 7) is 6.22. The van der Waals surface area contributed by atoms with Gasteiger partial charge in [0.05, 0.1) is 0 Å². The zero-order chi connectivity index (χ0) is 19.3. The number of nitrogens with zero attached hydrogens (tertiary/aromatic N) is 2. The highest BCUT2D eigenvalue weighted by Gasteiger charge is 2.17. The van der Waals surface area contributed by atoms with Crippen LogP contribution in [0.3, 0.4) is 0 Å². The third kappa shape index (κ3) is 5.46. The van der Waals surface area contributed by atoms with Crippen molar-refractivity contribution in [1.29, 1.82) is 0 Å². The standard InChI is InChI=1S/C23H29ClN4.ClH/c24-20-4-1-5-21(16-20)28-13-11-27(12-14-28)10-2-3-18-6-7-23-22(15-18)19(8-9-25)17-26-23;/h1,4-7,15-17,26H,2-3,8-14,25H2;1H. The van der Waals surface area contributed by atoms with Crippen LogP contribution in [0.15, 0.2) is 48.7 Å². The average molecular weight is 433 g/mol. The van der Waals surface area contributed by atoms with Gasteiger partial charge in [0, 0.05) is 54.0 Å². The highest BCUT2D eigenvalue weighted by Crippen LogP contribution is 2.22. The Bertz CT molecular complexity index is 916. The van der Waals surface area contributed by atoms with Crippen molar-refractivity contribution in [3.05, 3.63) is 64.8 Å². The minimum Gasteiger partial charge on any atom is -0.369 e. The van der Waals surface area contributed by atoms with E-state index in [9.17, 15) is 0 Å². The van der Waals surface area contributed by atoms with Gasteiger partial charge < -0.3 is 15.6 Å². The van der Waals surface area contributed by atoms with Gasteiger partial charge in [-0.15, -0.1) is 12.4 Å². The molecular weight excluding hydrogens is 403 g/mol. The van der Waals surface area contributed by atoms with E-state index < -0.39 is 0 Å². The fourth-order valence-electron chi connectivity index (χ4n) is 4.15. The van der Waals surface area contributed by atoms with Crippen LogP contribution in [0, 0.1) is 0 Å². The number of hydrogen-bond acceptors (Lipinski definition) is 3. The SMILES string of the molecule is Cl.NCCc1c[nH]c2ccc(CCCN3CCN(c4cccc(Cl)c4)CC3)cc12.